The molecule has 1 amide bonds. The minimum atomic E-state index is -4.63. The Hall–Kier alpha value is -4.04. The maximum absolute atomic E-state index is 14.0. The molecule has 4 aromatic rings. The Balaban J connectivity index is 1.36. The zero-order valence-electron chi connectivity index (χ0n) is 20.9. The van der Waals surface area contributed by atoms with Crippen molar-refractivity contribution in [3.63, 3.8) is 0 Å². The Kier molecular flexibility index (Phi) is 7.48. The number of hydrogen-bond acceptors (Lipinski definition) is 4. The Morgan fingerprint density at radius 3 is 2.18 bits per heavy atom. The van der Waals surface area contributed by atoms with Crippen LogP contribution in [-0.4, -0.2) is 19.0 Å². The maximum Gasteiger partial charge on any atom is 0.416 e. The Bertz CT molecular complexity index is 1510. The highest BCUT2D eigenvalue weighted by molar-refractivity contribution is 7.99. The summed E-state index contributed by atoms with van der Waals surface area (Å²) in [4.78, 5) is 25.1. The van der Waals surface area contributed by atoms with Crippen LogP contribution in [0.15, 0.2) is 94.7 Å². The van der Waals surface area contributed by atoms with Gasteiger partial charge in [-0.15, -0.1) is 0 Å². The molecule has 0 fully saturated rings. The van der Waals surface area contributed by atoms with E-state index in [1.165, 1.54) is 6.07 Å². The van der Waals surface area contributed by atoms with E-state index >= 15 is 0 Å². The third kappa shape index (κ3) is 5.43. The molecular formula is C31H24F3NO3S. The molecule has 1 N–H and O–H groups in total. The smallest absolute Gasteiger partial charge is 0.416 e. The summed E-state index contributed by atoms with van der Waals surface area (Å²) in [6, 6.07) is 24.9. The first-order valence-electron chi connectivity index (χ1n) is 12.3. The predicted molar refractivity (Wildman–Crippen MR) is 144 cm³/mol. The molecule has 5 rings (SSSR count). The third-order valence-electron chi connectivity index (χ3n) is 6.77. The number of fused-ring (bicyclic) bond motifs is 3. The number of alkyl halides is 3. The summed E-state index contributed by atoms with van der Waals surface area (Å²) in [6.45, 7) is 1.36. The van der Waals surface area contributed by atoms with E-state index in [0.717, 1.165) is 40.1 Å². The minimum Gasteiger partial charge on any atom is -0.449 e. The van der Waals surface area contributed by atoms with Crippen LogP contribution in [0, 0.1) is 6.92 Å². The van der Waals surface area contributed by atoms with Crippen LogP contribution in [0.1, 0.15) is 44.1 Å². The summed E-state index contributed by atoms with van der Waals surface area (Å²) in [5.41, 5.74) is 4.27. The number of halogens is 3. The summed E-state index contributed by atoms with van der Waals surface area (Å²) < 4.78 is 47.5. The lowest BCUT2D eigenvalue weighted by molar-refractivity contribution is -0.138. The maximum atomic E-state index is 14.0. The van der Waals surface area contributed by atoms with E-state index in [1.54, 1.807) is 31.2 Å². The van der Waals surface area contributed by atoms with Crippen molar-refractivity contribution in [3.05, 3.63) is 118 Å². The first kappa shape index (κ1) is 26.6. The fourth-order valence-corrected chi connectivity index (χ4v) is 6.05. The van der Waals surface area contributed by atoms with Gasteiger partial charge >= 0.3 is 12.3 Å². The lowest BCUT2D eigenvalue weighted by atomic mass is 9.98. The van der Waals surface area contributed by atoms with E-state index in [9.17, 15) is 22.8 Å². The van der Waals surface area contributed by atoms with Gasteiger partial charge in [-0.2, -0.15) is 13.2 Å². The van der Waals surface area contributed by atoms with Gasteiger partial charge in [0, 0.05) is 27.8 Å². The van der Waals surface area contributed by atoms with Crippen LogP contribution in [0.4, 0.5) is 18.0 Å². The van der Waals surface area contributed by atoms with Crippen molar-refractivity contribution < 1.29 is 27.5 Å². The summed E-state index contributed by atoms with van der Waals surface area (Å²) in [5.74, 6) is -0.168. The van der Waals surface area contributed by atoms with Crippen LogP contribution in [0.2, 0.25) is 0 Å². The SMILES string of the molecule is Cc1ccc(C(F)(F)F)c(CNC(=O)OCC2c3ccccc3-c3ccccc32)c1Sc1ccccc1C=O. The molecule has 198 valence electrons. The van der Waals surface area contributed by atoms with Crippen molar-refractivity contribution >= 4 is 24.1 Å². The molecule has 0 radical (unpaired) electrons. The predicted octanol–water partition coefficient (Wildman–Crippen LogP) is 8.02. The van der Waals surface area contributed by atoms with Gasteiger partial charge in [0.2, 0.25) is 0 Å². The lowest BCUT2D eigenvalue weighted by Crippen LogP contribution is -2.27. The second kappa shape index (κ2) is 11.0. The van der Waals surface area contributed by atoms with Gasteiger partial charge in [0.25, 0.3) is 0 Å². The Labute approximate surface area is 228 Å². The van der Waals surface area contributed by atoms with E-state index in [4.69, 9.17) is 4.74 Å². The van der Waals surface area contributed by atoms with Gasteiger partial charge in [0.1, 0.15) is 6.61 Å². The fraction of sp³-hybridized carbons (Fsp3) is 0.161. The van der Waals surface area contributed by atoms with Crippen LogP contribution in [0.5, 0.6) is 0 Å². The minimum absolute atomic E-state index is 0.0497. The van der Waals surface area contributed by atoms with Gasteiger partial charge < -0.3 is 10.1 Å². The monoisotopic (exact) mass is 547 g/mol. The van der Waals surface area contributed by atoms with Crippen molar-refractivity contribution in [2.45, 2.75) is 35.4 Å². The molecule has 39 heavy (non-hydrogen) atoms. The molecule has 4 nitrogen and oxygen atoms in total. The summed E-state index contributed by atoms with van der Waals surface area (Å²) in [7, 11) is 0. The van der Waals surface area contributed by atoms with E-state index in [0.29, 0.717) is 27.2 Å². The normalized spacial score (nSPS) is 12.5. The average Bonchev–Trinajstić information content (AvgIpc) is 3.25. The molecule has 8 heteroatoms. The number of rotatable bonds is 7. The van der Waals surface area contributed by atoms with Gasteiger partial charge in [-0.25, -0.2) is 4.79 Å². The third-order valence-corrected chi connectivity index (χ3v) is 8.14. The quantitative estimate of drug-likeness (QED) is 0.238. The summed E-state index contributed by atoms with van der Waals surface area (Å²) in [6.07, 6.45) is -4.78. The number of benzene rings is 4. The number of aldehydes is 1. The molecule has 0 aliphatic heterocycles. The molecule has 0 bridgehead atoms. The highest BCUT2D eigenvalue weighted by Crippen LogP contribution is 2.45. The molecule has 4 aromatic carbocycles. The van der Waals surface area contributed by atoms with Crippen LogP contribution >= 0.6 is 11.8 Å². The second-order valence-electron chi connectivity index (χ2n) is 9.17. The van der Waals surface area contributed by atoms with Crippen LogP contribution in [0.25, 0.3) is 11.1 Å². The number of carbonyl (C=O) groups excluding carboxylic acids is 2. The van der Waals surface area contributed by atoms with E-state index in [-0.39, 0.29) is 18.1 Å². The van der Waals surface area contributed by atoms with Gasteiger partial charge in [-0.3, -0.25) is 4.79 Å². The van der Waals surface area contributed by atoms with Gasteiger partial charge in [0.05, 0.1) is 5.56 Å². The van der Waals surface area contributed by atoms with Gasteiger partial charge in [-0.05, 0) is 52.4 Å². The highest BCUT2D eigenvalue weighted by atomic mass is 32.2. The van der Waals surface area contributed by atoms with Crippen molar-refractivity contribution in [3.8, 4) is 11.1 Å². The molecule has 1 aliphatic carbocycles. The standard InChI is InChI=1S/C31H24F3NO3S/c1-19-14-15-27(31(32,33)34)25(29(19)39-28-13-7-2-8-20(28)17-36)16-35-30(37)38-18-26-23-11-5-3-9-21(23)22-10-4-6-12-24(22)26/h2-15,17,26H,16,18H2,1H3,(H,35,37). The first-order chi connectivity index (χ1) is 18.8. The van der Waals surface area contributed by atoms with E-state index in [2.05, 4.69) is 5.32 Å². The largest absolute Gasteiger partial charge is 0.449 e. The number of amides is 1. The molecule has 0 aromatic heterocycles. The van der Waals surface area contributed by atoms with Crippen LogP contribution in [0.3, 0.4) is 0 Å². The zero-order chi connectivity index (χ0) is 27.6. The van der Waals surface area contributed by atoms with Crippen molar-refractivity contribution in [2.75, 3.05) is 6.61 Å². The van der Waals surface area contributed by atoms with Crippen LogP contribution < -0.4 is 5.32 Å². The lowest BCUT2D eigenvalue weighted by Gasteiger charge is -2.20. The fourth-order valence-electron chi connectivity index (χ4n) is 4.92. The molecule has 0 spiro atoms. The Morgan fingerprint density at radius 2 is 1.54 bits per heavy atom. The van der Waals surface area contributed by atoms with Crippen LogP contribution in [-0.2, 0) is 17.5 Å². The summed E-state index contributed by atoms with van der Waals surface area (Å²) in [5, 5.41) is 2.52. The average molecular weight is 548 g/mol. The molecule has 0 heterocycles. The van der Waals surface area contributed by atoms with Crippen molar-refractivity contribution in [2.24, 2.45) is 0 Å². The van der Waals surface area contributed by atoms with Gasteiger partial charge in [-0.1, -0.05) is 84.6 Å². The first-order valence-corrected chi connectivity index (χ1v) is 13.1. The summed E-state index contributed by atoms with van der Waals surface area (Å²) >= 11 is 1.07. The number of nitrogens with one attached hydrogen (secondary N) is 1. The number of ether oxygens (including phenoxy) is 1. The number of carbonyl (C=O) groups is 2. The van der Waals surface area contributed by atoms with Crippen molar-refractivity contribution in [1.82, 2.24) is 5.32 Å². The van der Waals surface area contributed by atoms with E-state index < -0.39 is 24.4 Å². The topological polar surface area (TPSA) is 55.4 Å². The number of alkyl carbamates (subject to hydrolysis) is 1. The molecule has 0 atom stereocenters. The number of hydrogen-bond donors (Lipinski definition) is 1. The van der Waals surface area contributed by atoms with E-state index in [1.807, 2.05) is 48.5 Å². The molecule has 0 saturated heterocycles. The molecule has 1 aliphatic rings. The second-order valence-corrected chi connectivity index (χ2v) is 10.2. The zero-order valence-corrected chi connectivity index (χ0v) is 21.7. The highest BCUT2D eigenvalue weighted by Gasteiger charge is 2.35. The number of aryl methyl sites for hydroxylation is 1. The molecule has 0 unspecified atom stereocenters. The Morgan fingerprint density at radius 1 is 0.923 bits per heavy atom. The van der Waals surface area contributed by atoms with Crippen molar-refractivity contribution in [1.29, 1.82) is 0 Å². The molecule has 0 saturated carbocycles. The van der Waals surface area contributed by atoms with Gasteiger partial charge in [0.15, 0.2) is 6.29 Å². The molecular weight excluding hydrogens is 523 g/mol.